The van der Waals surface area contributed by atoms with E-state index in [-0.39, 0.29) is 6.03 Å². The van der Waals surface area contributed by atoms with Gasteiger partial charge >= 0.3 is 6.03 Å². The second kappa shape index (κ2) is 7.73. The van der Waals surface area contributed by atoms with Gasteiger partial charge in [0, 0.05) is 51.4 Å². The Morgan fingerprint density at radius 1 is 1.17 bits per heavy atom. The van der Waals surface area contributed by atoms with Crippen molar-refractivity contribution >= 4 is 17.1 Å². The first-order valence-electron chi connectivity index (χ1n) is 9.90. The summed E-state index contributed by atoms with van der Waals surface area (Å²) < 4.78 is 7.33. The number of hydrogen-bond acceptors (Lipinski definition) is 4. The lowest BCUT2D eigenvalue weighted by Crippen LogP contribution is -2.43. The molecule has 0 atom stereocenters. The van der Waals surface area contributed by atoms with Crippen molar-refractivity contribution in [2.24, 2.45) is 7.05 Å². The number of hydrogen-bond donors (Lipinski definition) is 0. The van der Waals surface area contributed by atoms with Crippen molar-refractivity contribution in [1.82, 2.24) is 24.3 Å². The van der Waals surface area contributed by atoms with E-state index in [0.29, 0.717) is 5.92 Å². The Hall–Kier alpha value is -3.09. The Morgan fingerprint density at radius 2 is 1.86 bits per heavy atom. The molecule has 1 aromatic carbocycles. The predicted molar refractivity (Wildman–Crippen MR) is 113 cm³/mol. The van der Waals surface area contributed by atoms with Crippen LogP contribution in [-0.2, 0) is 7.05 Å². The van der Waals surface area contributed by atoms with E-state index in [2.05, 4.69) is 11.1 Å². The Bertz CT molecular complexity index is 1020. The number of likely N-dealkylation sites (tertiary alicyclic amines) is 1. The van der Waals surface area contributed by atoms with Gasteiger partial charge < -0.3 is 19.1 Å². The molecule has 2 aromatic heterocycles. The highest BCUT2D eigenvalue weighted by Crippen LogP contribution is 2.33. The molecule has 0 bridgehead atoms. The van der Waals surface area contributed by atoms with Gasteiger partial charge in [0.05, 0.1) is 24.6 Å². The van der Waals surface area contributed by atoms with Gasteiger partial charge in [-0.2, -0.15) is 0 Å². The first-order chi connectivity index (χ1) is 14.0. The number of urea groups is 1. The first kappa shape index (κ1) is 19.2. The van der Waals surface area contributed by atoms with E-state index >= 15 is 0 Å². The van der Waals surface area contributed by atoms with Gasteiger partial charge in [-0.1, -0.05) is 0 Å². The van der Waals surface area contributed by atoms with Gasteiger partial charge in [-0.05, 0) is 43.2 Å². The number of pyridine rings is 1. The molecule has 0 spiro atoms. The van der Waals surface area contributed by atoms with Crippen LogP contribution in [0.15, 0.2) is 36.7 Å². The molecule has 3 heterocycles. The Morgan fingerprint density at radius 3 is 2.48 bits per heavy atom. The Labute approximate surface area is 170 Å². The quantitative estimate of drug-likeness (QED) is 0.683. The van der Waals surface area contributed by atoms with Gasteiger partial charge in [-0.25, -0.2) is 9.78 Å². The minimum atomic E-state index is 0.0809. The van der Waals surface area contributed by atoms with Crippen LogP contribution < -0.4 is 4.74 Å². The SMILES string of the molecule is COc1ccc(-c2nc(C3CCN(C(=O)N(C)C)CC3)cc3c2ncn3C)cc1. The molecule has 2 amide bonds. The number of benzene rings is 1. The van der Waals surface area contributed by atoms with Crippen LogP contribution in [0.3, 0.4) is 0 Å². The number of carbonyl (C=O) groups is 1. The summed E-state index contributed by atoms with van der Waals surface area (Å²) in [6.45, 7) is 1.51. The number of methoxy groups -OCH3 is 1. The molecule has 7 heteroatoms. The van der Waals surface area contributed by atoms with Crippen LogP contribution in [0.1, 0.15) is 24.5 Å². The molecule has 4 rings (SSSR count). The van der Waals surface area contributed by atoms with Gasteiger partial charge in [0.25, 0.3) is 0 Å². The van der Waals surface area contributed by atoms with Crippen LogP contribution in [0.4, 0.5) is 4.79 Å². The minimum Gasteiger partial charge on any atom is -0.497 e. The standard InChI is InChI=1S/C22H27N5O2/c1-25(2)22(28)27-11-9-15(10-12-27)18-13-19-21(23-14-26(19)3)20(24-18)16-5-7-17(29-4)8-6-16/h5-8,13-15H,9-12H2,1-4H3. The predicted octanol–water partition coefficient (Wildman–Crippen LogP) is 3.50. The first-order valence-corrected chi connectivity index (χ1v) is 9.90. The summed E-state index contributed by atoms with van der Waals surface area (Å²) in [5, 5.41) is 0. The highest BCUT2D eigenvalue weighted by Gasteiger charge is 2.26. The van der Waals surface area contributed by atoms with Crippen molar-refractivity contribution in [2.75, 3.05) is 34.3 Å². The second-order valence-electron chi connectivity index (χ2n) is 7.79. The van der Waals surface area contributed by atoms with Crippen molar-refractivity contribution in [1.29, 1.82) is 0 Å². The van der Waals surface area contributed by atoms with E-state index in [4.69, 9.17) is 9.72 Å². The fourth-order valence-electron chi connectivity index (χ4n) is 3.96. The smallest absolute Gasteiger partial charge is 0.319 e. The zero-order chi connectivity index (χ0) is 20.5. The molecule has 7 nitrogen and oxygen atoms in total. The van der Waals surface area contributed by atoms with Crippen LogP contribution in [0.2, 0.25) is 0 Å². The maximum Gasteiger partial charge on any atom is 0.319 e. The molecule has 29 heavy (non-hydrogen) atoms. The highest BCUT2D eigenvalue weighted by molar-refractivity contribution is 5.90. The maximum atomic E-state index is 12.2. The molecular weight excluding hydrogens is 366 g/mol. The van der Waals surface area contributed by atoms with Gasteiger partial charge in [-0.3, -0.25) is 4.98 Å². The normalized spacial score (nSPS) is 15.0. The van der Waals surface area contributed by atoms with Crippen molar-refractivity contribution in [3.8, 4) is 17.0 Å². The molecule has 0 unspecified atom stereocenters. The lowest BCUT2D eigenvalue weighted by atomic mass is 9.92. The molecule has 1 aliphatic heterocycles. The third kappa shape index (κ3) is 3.64. The van der Waals surface area contributed by atoms with Gasteiger partial charge in [-0.15, -0.1) is 0 Å². The minimum absolute atomic E-state index is 0.0809. The number of ether oxygens (including phenoxy) is 1. The van der Waals surface area contributed by atoms with Gasteiger partial charge in [0.15, 0.2) is 0 Å². The van der Waals surface area contributed by atoms with E-state index in [1.807, 2.05) is 47.1 Å². The lowest BCUT2D eigenvalue weighted by Gasteiger charge is -2.33. The van der Waals surface area contributed by atoms with E-state index < -0.39 is 0 Å². The molecule has 152 valence electrons. The summed E-state index contributed by atoms with van der Waals surface area (Å²) in [6, 6.07) is 10.2. The summed E-state index contributed by atoms with van der Waals surface area (Å²) in [5.41, 5.74) is 4.97. The summed E-state index contributed by atoms with van der Waals surface area (Å²) in [6.07, 6.45) is 3.66. The maximum absolute atomic E-state index is 12.2. The van der Waals surface area contributed by atoms with Crippen LogP contribution in [0, 0.1) is 0 Å². The van der Waals surface area contributed by atoms with Crippen LogP contribution >= 0.6 is 0 Å². The molecule has 1 aliphatic rings. The number of imidazole rings is 1. The monoisotopic (exact) mass is 393 g/mol. The Balaban J connectivity index is 1.67. The third-order valence-electron chi connectivity index (χ3n) is 5.66. The third-order valence-corrected chi connectivity index (χ3v) is 5.66. The number of aromatic nitrogens is 3. The summed E-state index contributed by atoms with van der Waals surface area (Å²) >= 11 is 0. The van der Waals surface area contributed by atoms with Gasteiger partial charge in [0.1, 0.15) is 11.3 Å². The number of rotatable bonds is 3. The Kier molecular flexibility index (Phi) is 5.13. The number of carbonyl (C=O) groups excluding carboxylic acids is 1. The zero-order valence-electron chi connectivity index (χ0n) is 17.4. The fourth-order valence-corrected chi connectivity index (χ4v) is 3.96. The van der Waals surface area contributed by atoms with Crippen molar-refractivity contribution in [3.05, 3.63) is 42.4 Å². The van der Waals surface area contributed by atoms with E-state index in [9.17, 15) is 4.79 Å². The number of aryl methyl sites for hydroxylation is 1. The van der Waals surface area contributed by atoms with Gasteiger partial charge in [0.2, 0.25) is 0 Å². The molecule has 1 fully saturated rings. The topological polar surface area (TPSA) is 63.5 Å². The number of fused-ring (bicyclic) bond motifs is 1. The molecule has 0 radical (unpaired) electrons. The van der Waals surface area contributed by atoms with E-state index in [1.54, 1.807) is 26.1 Å². The van der Waals surface area contributed by atoms with Crippen LogP contribution in [0.25, 0.3) is 22.3 Å². The van der Waals surface area contributed by atoms with Crippen molar-refractivity contribution in [3.63, 3.8) is 0 Å². The van der Waals surface area contributed by atoms with E-state index in [1.165, 1.54) is 0 Å². The summed E-state index contributed by atoms with van der Waals surface area (Å²) in [7, 11) is 7.27. The molecule has 0 aliphatic carbocycles. The number of piperidine rings is 1. The van der Waals surface area contributed by atoms with Crippen LogP contribution in [-0.4, -0.2) is 64.7 Å². The van der Waals surface area contributed by atoms with Crippen molar-refractivity contribution in [2.45, 2.75) is 18.8 Å². The van der Waals surface area contributed by atoms with Crippen LogP contribution in [0.5, 0.6) is 5.75 Å². The molecule has 0 saturated carbocycles. The zero-order valence-corrected chi connectivity index (χ0v) is 17.4. The average Bonchev–Trinajstić information content (AvgIpc) is 3.13. The average molecular weight is 393 g/mol. The molecule has 1 saturated heterocycles. The summed E-state index contributed by atoms with van der Waals surface area (Å²) in [4.78, 5) is 25.4. The largest absolute Gasteiger partial charge is 0.497 e. The lowest BCUT2D eigenvalue weighted by molar-refractivity contribution is 0.156. The molecule has 3 aromatic rings. The van der Waals surface area contributed by atoms with Crippen molar-refractivity contribution < 1.29 is 9.53 Å². The second-order valence-corrected chi connectivity index (χ2v) is 7.79. The molecular formula is C22H27N5O2. The number of amides is 2. The fraction of sp³-hybridized carbons (Fsp3) is 0.409. The summed E-state index contributed by atoms with van der Waals surface area (Å²) in [5.74, 6) is 1.15. The highest BCUT2D eigenvalue weighted by atomic mass is 16.5. The molecule has 0 N–H and O–H groups in total. The van der Waals surface area contributed by atoms with E-state index in [0.717, 1.165) is 59.7 Å². The number of nitrogens with zero attached hydrogens (tertiary/aromatic N) is 5.